The van der Waals surface area contributed by atoms with Crippen LogP contribution in [0, 0.1) is 12.8 Å². The molecule has 2 atom stereocenters. The molecule has 2 fully saturated rings. The molecule has 0 saturated carbocycles. The van der Waals surface area contributed by atoms with Crippen LogP contribution < -0.4 is 4.90 Å². The number of anilines is 1. The molecule has 2 aliphatic rings. The highest BCUT2D eigenvalue weighted by molar-refractivity contribution is 6.33. The second-order valence-electron chi connectivity index (χ2n) is 7.64. The summed E-state index contributed by atoms with van der Waals surface area (Å²) in [6.45, 7) is 4.85. The summed E-state index contributed by atoms with van der Waals surface area (Å²) in [6.07, 6.45) is 2.48. The van der Waals surface area contributed by atoms with Gasteiger partial charge < -0.3 is 14.9 Å². The number of rotatable bonds is 4. The number of aliphatic hydroxyl groups excluding tert-OH is 1. The molecule has 2 aliphatic heterocycles. The molecule has 4 rings (SSSR count). The summed E-state index contributed by atoms with van der Waals surface area (Å²) in [5.74, 6) is -0.0828. The first-order valence-electron chi connectivity index (χ1n) is 9.54. The van der Waals surface area contributed by atoms with Crippen molar-refractivity contribution in [1.29, 1.82) is 0 Å². The minimum absolute atomic E-state index is 0.00371. The van der Waals surface area contributed by atoms with E-state index in [4.69, 9.17) is 11.6 Å². The van der Waals surface area contributed by atoms with Gasteiger partial charge in [-0.3, -0.25) is 9.89 Å². The molecule has 0 unspecified atom stereocenters. The van der Waals surface area contributed by atoms with Gasteiger partial charge in [-0.1, -0.05) is 11.6 Å². The second-order valence-corrected chi connectivity index (χ2v) is 8.05. The lowest BCUT2D eigenvalue weighted by Crippen LogP contribution is -2.29. The Kier molecular flexibility index (Phi) is 5.10. The average Bonchev–Trinajstić information content (AvgIpc) is 3.37. The number of likely N-dealkylation sites (tertiary alicyclic amines) is 1. The Bertz CT molecular complexity index is 831. The molecule has 0 bridgehead atoms. The molecule has 2 aromatic rings. The van der Waals surface area contributed by atoms with Crippen LogP contribution in [0.1, 0.15) is 34.6 Å². The molecule has 2 N–H and O–H groups in total. The molecule has 27 heavy (non-hydrogen) atoms. The van der Waals surface area contributed by atoms with Crippen molar-refractivity contribution in [2.24, 2.45) is 5.92 Å². The molecule has 2 saturated heterocycles. The Labute approximate surface area is 164 Å². The van der Waals surface area contributed by atoms with Crippen LogP contribution in [0.2, 0.25) is 5.02 Å². The van der Waals surface area contributed by atoms with Gasteiger partial charge in [0.15, 0.2) is 0 Å². The van der Waals surface area contributed by atoms with Crippen LogP contribution in [-0.4, -0.2) is 58.4 Å². The minimum atomic E-state index is -0.537. The summed E-state index contributed by atoms with van der Waals surface area (Å²) < 4.78 is 0. The Morgan fingerprint density at radius 1 is 1.30 bits per heavy atom. The van der Waals surface area contributed by atoms with Gasteiger partial charge in [-0.25, -0.2) is 0 Å². The molecular formula is C20H25ClN4O2. The van der Waals surface area contributed by atoms with E-state index in [9.17, 15) is 9.90 Å². The quantitative estimate of drug-likeness (QED) is 0.844. The van der Waals surface area contributed by atoms with Gasteiger partial charge in [-0.05, 0) is 50.5 Å². The zero-order valence-electron chi connectivity index (χ0n) is 15.5. The fourth-order valence-corrected chi connectivity index (χ4v) is 4.41. The number of hydrogen-bond donors (Lipinski definition) is 2. The first kappa shape index (κ1) is 18.3. The van der Waals surface area contributed by atoms with Crippen molar-refractivity contribution >= 4 is 23.2 Å². The molecule has 1 amide bonds. The van der Waals surface area contributed by atoms with Crippen molar-refractivity contribution in [2.45, 2.75) is 32.3 Å². The molecule has 3 heterocycles. The van der Waals surface area contributed by atoms with Crippen molar-refractivity contribution in [3.05, 3.63) is 46.2 Å². The Morgan fingerprint density at radius 2 is 2.07 bits per heavy atom. The molecule has 7 heteroatoms. The van der Waals surface area contributed by atoms with E-state index in [2.05, 4.69) is 15.1 Å². The summed E-state index contributed by atoms with van der Waals surface area (Å²) in [7, 11) is 0. The van der Waals surface area contributed by atoms with Crippen molar-refractivity contribution in [2.75, 3.05) is 31.1 Å². The maximum atomic E-state index is 12.9. The molecule has 1 aromatic heterocycles. The first-order valence-corrected chi connectivity index (χ1v) is 9.92. The fourth-order valence-electron chi connectivity index (χ4n) is 4.11. The average molecular weight is 389 g/mol. The van der Waals surface area contributed by atoms with Gasteiger partial charge in [0.05, 0.1) is 22.5 Å². The Balaban J connectivity index is 1.44. The van der Waals surface area contributed by atoms with Crippen LogP contribution in [0.25, 0.3) is 0 Å². The van der Waals surface area contributed by atoms with Crippen LogP contribution in [0.3, 0.4) is 0 Å². The number of nitrogens with zero attached hydrogens (tertiary/aromatic N) is 3. The van der Waals surface area contributed by atoms with Crippen molar-refractivity contribution in [3.63, 3.8) is 0 Å². The van der Waals surface area contributed by atoms with Gasteiger partial charge in [-0.15, -0.1) is 0 Å². The molecule has 6 nitrogen and oxygen atoms in total. The van der Waals surface area contributed by atoms with Gasteiger partial charge in [0, 0.05) is 43.4 Å². The maximum Gasteiger partial charge on any atom is 0.254 e. The number of amides is 1. The third kappa shape index (κ3) is 3.82. The molecule has 144 valence electrons. The van der Waals surface area contributed by atoms with Gasteiger partial charge >= 0.3 is 0 Å². The second kappa shape index (κ2) is 7.52. The summed E-state index contributed by atoms with van der Waals surface area (Å²) in [6, 6.07) is 7.53. The maximum absolute atomic E-state index is 12.9. The lowest BCUT2D eigenvalue weighted by atomic mass is 10.0. The Hall–Kier alpha value is -2.05. The highest BCUT2D eigenvalue weighted by Crippen LogP contribution is 2.31. The standard InChI is InChI=1S/C20H25ClN4O2/c1-13-8-16(23-22-13)9-15-11-25(12-19(15)26)20(27)14-4-5-18(17(21)10-14)24-6-2-3-7-24/h4-5,8,10,15,19,26H,2-3,6-7,9,11-12H2,1H3,(H,22,23)/t15-,19+/m1/s1. The normalized spacial score (nSPS) is 22.6. The van der Waals surface area contributed by atoms with E-state index >= 15 is 0 Å². The van der Waals surface area contributed by atoms with Gasteiger partial charge in [0.25, 0.3) is 5.91 Å². The number of aryl methyl sites for hydroxylation is 1. The lowest BCUT2D eigenvalue weighted by molar-refractivity contribution is 0.0764. The summed E-state index contributed by atoms with van der Waals surface area (Å²) in [4.78, 5) is 16.9. The number of nitrogens with one attached hydrogen (secondary N) is 1. The molecule has 0 radical (unpaired) electrons. The number of halogens is 1. The molecule has 0 aliphatic carbocycles. The smallest absolute Gasteiger partial charge is 0.254 e. The predicted molar refractivity (Wildman–Crippen MR) is 105 cm³/mol. The third-order valence-electron chi connectivity index (χ3n) is 5.57. The van der Waals surface area contributed by atoms with Gasteiger partial charge in [-0.2, -0.15) is 5.10 Å². The van der Waals surface area contributed by atoms with Crippen molar-refractivity contribution in [3.8, 4) is 0 Å². The monoisotopic (exact) mass is 388 g/mol. The van der Waals surface area contributed by atoms with Gasteiger partial charge in [0.1, 0.15) is 0 Å². The van der Waals surface area contributed by atoms with E-state index in [-0.39, 0.29) is 11.8 Å². The fraction of sp³-hybridized carbons (Fsp3) is 0.500. The number of benzene rings is 1. The summed E-state index contributed by atoms with van der Waals surface area (Å²) >= 11 is 6.45. The predicted octanol–water partition coefficient (Wildman–Crippen LogP) is 2.65. The number of hydrogen-bond acceptors (Lipinski definition) is 4. The van der Waals surface area contributed by atoms with Crippen LogP contribution >= 0.6 is 11.6 Å². The van der Waals surface area contributed by atoms with E-state index in [1.54, 1.807) is 11.0 Å². The van der Waals surface area contributed by atoms with Crippen LogP contribution in [0.4, 0.5) is 5.69 Å². The zero-order valence-corrected chi connectivity index (χ0v) is 16.2. The van der Waals surface area contributed by atoms with Crippen LogP contribution in [0.15, 0.2) is 24.3 Å². The van der Waals surface area contributed by atoms with E-state index in [1.807, 2.05) is 25.1 Å². The summed E-state index contributed by atoms with van der Waals surface area (Å²) in [5, 5.41) is 18.2. The van der Waals surface area contributed by atoms with Crippen molar-refractivity contribution in [1.82, 2.24) is 15.1 Å². The molecular weight excluding hydrogens is 364 g/mol. The van der Waals surface area contributed by atoms with Crippen molar-refractivity contribution < 1.29 is 9.90 Å². The van der Waals surface area contributed by atoms with Crippen LogP contribution in [0.5, 0.6) is 0 Å². The SMILES string of the molecule is Cc1cc(C[C@@H]2CN(C(=O)c3ccc(N4CCCC4)c(Cl)c3)C[C@@H]2O)n[nH]1. The highest BCUT2D eigenvalue weighted by atomic mass is 35.5. The Morgan fingerprint density at radius 3 is 2.74 bits per heavy atom. The number of H-pyrrole nitrogens is 1. The number of β-amino-alcohol motifs (C(OH)–C–C–N with tert-alkyl or cyclic N) is 1. The van der Waals surface area contributed by atoms with E-state index in [0.29, 0.717) is 30.1 Å². The van der Waals surface area contributed by atoms with E-state index in [1.165, 1.54) is 12.8 Å². The highest BCUT2D eigenvalue weighted by Gasteiger charge is 2.35. The topological polar surface area (TPSA) is 72.5 Å². The number of aliphatic hydroxyl groups is 1. The van der Waals surface area contributed by atoms with E-state index < -0.39 is 6.10 Å². The summed E-state index contributed by atoms with van der Waals surface area (Å²) in [5.41, 5.74) is 3.49. The zero-order chi connectivity index (χ0) is 19.0. The van der Waals surface area contributed by atoms with Gasteiger partial charge in [0.2, 0.25) is 0 Å². The first-order chi connectivity index (χ1) is 13.0. The van der Waals surface area contributed by atoms with E-state index in [0.717, 1.165) is 30.2 Å². The largest absolute Gasteiger partial charge is 0.391 e. The molecule has 0 spiro atoms. The minimum Gasteiger partial charge on any atom is -0.391 e. The number of carbonyl (C=O) groups is 1. The molecule has 1 aromatic carbocycles. The number of aromatic nitrogens is 2. The third-order valence-corrected chi connectivity index (χ3v) is 5.87. The number of carbonyl (C=O) groups excluding carboxylic acids is 1. The lowest BCUT2D eigenvalue weighted by Gasteiger charge is -2.21. The van der Waals surface area contributed by atoms with Crippen LogP contribution in [-0.2, 0) is 6.42 Å². The number of aromatic amines is 1.